The minimum atomic E-state index is 0.364. The van der Waals surface area contributed by atoms with Gasteiger partial charge in [0.15, 0.2) is 11.5 Å². The van der Waals surface area contributed by atoms with E-state index in [1.165, 1.54) is 5.57 Å². The molecule has 1 aromatic rings. The summed E-state index contributed by atoms with van der Waals surface area (Å²) in [5, 5.41) is 3.22. The van der Waals surface area contributed by atoms with Crippen LogP contribution in [0, 0.1) is 0 Å². The quantitative estimate of drug-likeness (QED) is 0.840. The Bertz CT molecular complexity index is 413. The van der Waals surface area contributed by atoms with Crippen LogP contribution in [0.15, 0.2) is 23.8 Å². The lowest BCUT2D eigenvalue weighted by molar-refractivity contribution is 0.311. The smallest absolute Gasteiger partial charge is 0.161 e. The van der Waals surface area contributed by atoms with Crippen molar-refractivity contribution < 1.29 is 9.47 Å². The van der Waals surface area contributed by atoms with E-state index in [1.807, 2.05) is 32.2 Å². The molecule has 1 unspecified atom stereocenters. The minimum Gasteiger partial charge on any atom is -0.493 e. The Hall–Kier alpha value is -1.48. The maximum atomic E-state index is 5.57. The van der Waals surface area contributed by atoms with Gasteiger partial charge < -0.3 is 14.8 Å². The molecule has 1 N–H and O–H groups in total. The Morgan fingerprint density at radius 3 is 2.67 bits per heavy atom. The molecule has 0 aromatic heterocycles. The van der Waals surface area contributed by atoms with E-state index in [9.17, 15) is 0 Å². The summed E-state index contributed by atoms with van der Waals surface area (Å²) in [4.78, 5) is 0. The second-order valence-electron chi connectivity index (χ2n) is 4.24. The number of ether oxygens (including phenoxy) is 2. The zero-order valence-electron chi connectivity index (χ0n) is 11.9. The van der Waals surface area contributed by atoms with Gasteiger partial charge in [0.2, 0.25) is 0 Å². The normalized spacial score (nSPS) is 13.3. The summed E-state index contributed by atoms with van der Waals surface area (Å²) in [5.74, 6) is 1.56. The van der Waals surface area contributed by atoms with Gasteiger partial charge in [-0.25, -0.2) is 0 Å². The zero-order chi connectivity index (χ0) is 13.5. The summed E-state index contributed by atoms with van der Waals surface area (Å²) in [6.07, 6.45) is 2.16. The second kappa shape index (κ2) is 7.07. The first kappa shape index (κ1) is 14.6. The van der Waals surface area contributed by atoms with Crippen LogP contribution in [0.4, 0.5) is 0 Å². The largest absolute Gasteiger partial charge is 0.493 e. The zero-order valence-corrected chi connectivity index (χ0v) is 11.9. The van der Waals surface area contributed by atoms with Crippen LogP contribution in [-0.4, -0.2) is 26.8 Å². The number of benzene rings is 1. The van der Waals surface area contributed by atoms with Crippen molar-refractivity contribution in [2.75, 3.05) is 20.8 Å². The van der Waals surface area contributed by atoms with Gasteiger partial charge in [-0.2, -0.15) is 0 Å². The van der Waals surface area contributed by atoms with Gasteiger partial charge in [-0.15, -0.1) is 0 Å². The number of nitrogens with one attached hydrogen (secondary N) is 1. The molecule has 0 spiro atoms. The molecule has 1 atom stereocenters. The van der Waals surface area contributed by atoms with Crippen molar-refractivity contribution >= 4 is 6.08 Å². The van der Waals surface area contributed by atoms with Crippen molar-refractivity contribution in [2.24, 2.45) is 0 Å². The molecule has 0 aliphatic heterocycles. The van der Waals surface area contributed by atoms with Crippen molar-refractivity contribution in [3.8, 4) is 11.5 Å². The first-order valence-electron chi connectivity index (χ1n) is 6.28. The van der Waals surface area contributed by atoms with Gasteiger partial charge in [-0.1, -0.05) is 17.7 Å². The molecule has 1 rings (SSSR count). The Morgan fingerprint density at radius 2 is 2.11 bits per heavy atom. The van der Waals surface area contributed by atoms with Crippen LogP contribution in [0.1, 0.15) is 26.3 Å². The number of rotatable bonds is 6. The Labute approximate surface area is 110 Å². The van der Waals surface area contributed by atoms with Gasteiger partial charge in [0, 0.05) is 6.04 Å². The van der Waals surface area contributed by atoms with E-state index < -0.39 is 0 Å². The van der Waals surface area contributed by atoms with Gasteiger partial charge in [-0.05, 0) is 45.5 Å². The lowest BCUT2D eigenvalue weighted by Crippen LogP contribution is -2.21. The third-order valence-electron chi connectivity index (χ3n) is 3.00. The van der Waals surface area contributed by atoms with Gasteiger partial charge in [0.25, 0.3) is 0 Å². The highest BCUT2D eigenvalue weighted by atomic mass is 16.5. The molecule has 0 saturated heterocycles. The molecule has 0 radical (unpaired) electrons. The molecular formula is C15H23NO2. The molecule has 0 fully saturated rings. The van der Waals surface area contributed by atoms with E-state index in [0.29, 0.717) is 12.6 Å². The van der Waals surface area contributed by atoms with E-state index in [1.54, 1.807) is 7.11 Å². The standard InChI is InChI=1S/C15H23NO2/c1-6-18-15-10-13(7-8-14(15)17-5)9-11(2)12(3)16-4/h7-10,12,16H,6H2,1-5H3/b11-9-. The fourth-order valence-electron chi connectivity index (χ4n) is 1.67. The number of hydrogen-bond acceptors (Lipinski definition) is 3. The van der Waals surface area contributed by atoms with Crippen LogP contribution >= 0.6 is 0 Å². The molecule has 0 saturated carbocycles. The summed E-state index contributed by atoms with van der Waals surface area (Å²) in [6, 6.07) is 6.35. The molecule has 1 aromatic carbocycles. The fraction of sp³-hybridized carbons (Fsp3) is 0.467. The predicted molar refractivity (Wildman–Crippen MR) is 76.3 cm³/mol. The van der Waals surface area contributed by atoms with Crippen molar-refractivity contribution in [1.82, 2.24) is 5.32 Å². The van der Waals surface area contributed by atoms with Crippen LogP contribution in [0.25, 0.3) is 6.08 Å². The maximum Gasteiger partial charge on any atom is 0.161 e. The highest BCUT2D eigenvalue weighted by Gasteiger charge is 2.05. The summed E-state index contributed by atoms with van der Waals surface area (Å²) < 4.78 is 10.8. The lowest BCUT2D eigenvalue weighted by Gasteiger charge is -2.12. The molecule has 3 nitrogen and oxygen atoms in total. The third-order valence-corrected chi connectivity index (χ3v) is 3.00. The first-order valence-corrected chi connectivity index (χ1v) is 6.28. The third kappa shape index (κ3) is 3.77. The van der Waals surface area contributed by atoms with Gasteiger partial charge in [0.1, 0.15) is 0 Å². The molecule has 0 amide bonds. The Kier molecular flexibility index (Phi) is 5.72. The predicted octanol–water partition coefficient (Wildman–Crippen LogP) is 3.11. The minimum absolute atomic E-state index is 0.364. The van der Waals surface area contributed by atoms with E-state index in [2.05, 4.69) is 25.2 Å². The molecule has 0 bridgehead atoms. The van der Waals surface area contributed by atoms with Crippen LogP contribution in [-0.2, 0) is 0 Å². The van der Waals surface area contributed by atoms with E-state index in [0.717, 1.165) is 17.1 Å². The molecule has 18 heavy (non-hydrogen) atoms. The number of methoxy groups -OCH3 is 1. The summed E-state index contributed by atoms with van der Waals surface area (Å²) >= 11 is 0. The molecule has 0 aliphatic carbocycles. The first-order chi connectivity index (χ1) is 8.62. The van der Waals surface area contributed by atoms with Crippen molar-refractivity contribution in [3.63, 3.8) is 0 Å². The van der Waals surface area contributed by atoms with Crippen LogP contribution in [0.3, 0.4) is 0 Å². The lowest BCUT2D eigenvalue weighted by atomic mass is 10.1. The molecule has 0 heterocycles. The maximum absolute atomic E-state index is 5.57. The van der Waals surface area contributed by atoms with Crippen molar-refractivity contribution in [3.05, 3.63) is 29.3 Å². The topological polar surface area (TPSA) is 30.5 Å². The van der Waals surface area contributed by atoms with Gasteiger partial charge in [0.05, 0.1) is 13.7 Å². The average molecular weight is 249 g/mol. The van der Waals surface area contributed by atoms with Crippen molar-refractivity contribution in [2.45, 2.75) is 26.8 Å². The van der Waals surface area contributed by atoms with Gasteiger partial charge >= 0.3 is 0 Å². The monoisotopic (exact) mass is 249 g/mol. The molecule has 100 valence electrons. The summed E-state index contributed by atoms with van der Waals surface area (Å²) in [5.41, 5.74) is 2.41. The Balaban J connectivity index is 3.00. The molecule has 3 heteroatoms. The average Bonchev–Trinajstić information content (AvgIpc) is 2.38. The van der Waals surface area contributed by atoms with Crippen molar-refractivity contribution in [1.29, 1.82) is 0 Å². The molecular weight excluding hydrogens is 226 g/mol. The van der Waals surface area contributed by atoms with E-state index in [4.69, 9.17) is 9.47 Å². The molecule has 0 aliphatic rings. The van der Waals surface area contributed by atoms with Crippen LogP contribution < -0.4 is 14.8 Å². The summed E-state index contributed by atoms with van der Waals surface area (Å²) in [6.45, 7) is 6.86. The van der Waals surface area contributed by atoms with E-state index in [-0.39, 0.29) is 0 Å². The second-order valence-corrected chi connectivity index (χ2v) is 4.24. The number of hydrogen-bond donors (Lipinski definition) is 1. The van der Waals surface area contributed by atoms with Gasteiger partial charge in [-0.3, -0.25) is 0 Å². The van der Waals surface area contributed by atoms with E-state index >= 15 is 0 Å². The summed E-state index contributed by atoms with van der Waals surface area (Å²) in [7, 11) is 3.61. The highest BCUT2D eigenvalue weighted by Crippen LogP contribution is 2.29. The Morgan fingerprint density at radius 1 is 1.39 bits per heavy atom. The highest BCUT2D eigenvalue weighted by molar-refractivity contribution is 5.58. The van der Waals surface area contributed by atoms with Crippen LogP contribution in [0.2, 0.25) is 0 Å². The number of likely N-dealkylation sites (N-methyl/N-ethyl adjacent to an activating group) is 1. The fourth-order valence-corrected chi connectivity index (χ4v) is 1.67. The van der Waals surface area contributed by atoms with Crippen LogP contribution in [0.5, 0.6) is 11.5 Å². The SMILES string of the molecule is CCOc1cc(/C=C(/C)C(C)NC)ccc1OC.